The van der Waals surface area contributed by atoms with Gasteiger partial charge in [-0.15, -0.1) is 0 Å². The third-order valence-corrected chi connectivity index (χ3v) is 7.88. The van der Waals surface area contributed by atoms with Crippen molar-refractivity contribution in [3.05, 3.63) is 156 Å². The van der Waals surface area contributed by atoms with Crippen LogP contribution in [0.3, 0.4) is 0 Å². The summed E-state index contributed by atoms with van der Waals surface area (Å²) in [5.41, 5.74) is 12.2. The molecule has 178 valence electrons. The number of rotatable bonds is 3. The van der Waals surface area contributed by atoms with Crippen LogP contribution in [0.4, 0.5) is 0 Å². The van der Waals surface area contributed by atoms with Crippen molar-refractivity contribution in [3.8, 4) is 11.1 Å². The highest BCUT2D eigenvalue weighted by Gasteiger charge is 2.31. The molecule has 1 unspecified atom stereocenters. The lowest BCUT2D eigenvalue weighted by Crippen LogP contribution is -2.02. The van der Waals surface area contributed by atoms with E-state index in [9.17, 15) is 0 Å². The standard InChI is InChI=1S/C36H24N2/c1-3-11-24(12-4-1)30-22-27(21-26-15-7-8-16-28(26)30)35-29-18-19-33-36(38-20-10-9-17-34(38)37-33)32(29)23-31(35)25-13-5-2-6-14-25/h1-23,35H. The minimum atomic E-state index is 0.123. The number of imidazole rings is 1. The summed E-state index contributed by atoms with van der Waals surface area (Å²) in [6.07, 6.45) is 4.52. The Balaban J connectivity index is 1.44. The number of hydrogen-bond acceptors (Lipinski definition) is 1. The molecule has 1 atom stereocenters. The molecule has 0 N–H and O–H groups in total. The molecular weight excluding hydrogens is 460 g/mol. The quantitative estimate of drug-likeness (QED) is 0.245. The van der Waals surface area contributed by atoms with Crippen LogP contribution < -0.4 is 0 Å². The average Bonchev–Trinajstić information content (AvgIpc) is 3.56. The van der Waals surface area contributed by atoms with Crippen molar-refractivity contribution in [1.82, 2.24) is 9.38 Å². The molecule has 8 rings (SSSR count). The minimum Gasteiger partial charge on any atom is -0.299 e. The fourth-order valence-electron chi connectivity index (χ4n) is 6.20. The smallest absolute Gasteiger partial charge is 0.137 e. The van der Waals surface area contributed by atoms with Crippen molar-refractivity contribution in [3.63, 3.8) is 0 Å². The van der Waals surface area contributed by atoms with Gasteiger partial charge in [0.2, 0.25) is 0 Å². The molecule has 0 spiro atoms. The maximum absolute atomic E-state index is 4.92. The van der Waals surface area contributed by atoms with E-state index in [1.54, 1.807) is 0 Å². The van der Waals surface area contributed by atoms with Gasteiger partial charge in [-0.1, -0.05) is 103 Å². The third kappa shape index (κ3) is 3.17. The molecule has 38 heavy (non-hydrogen) atoms. The number of hydrogen-bond donors (Lipinski definition) is 0. The molecule has 0 bridgehead atoms. The molecule has 0 saturated carbocycles. The number of fused-ring (bicyclic) bond motifs is 6. The van der Waals surface area contributed by atoms with Gasteiger partial charge in [0.15, 0.2) is 0 Å². The van der Waals surface area contributed by atoms with Gasteiger partial charge >= 0.3 is 0 Å². The van der Waals surface area contributed by atoms with Crippen LogP contribution in [0, 0.1) is 0 Å². The molecule has 0 saturated heterocycles. The van der Waals surface area contributed by atoms with Crippen molar-refractivity contribution in [2.24, 2.45) is 0 Å². The molecule has 2 heteroatoms. The largest absolute Gasteiger partial charge is 0.299 e. The van der Waals surface area contributed by atoms with Crippen molar-refractivity contribution in [2.45, 2.75) is 5.92 Å². The maximum atomic E-state index is 4.92. The van der Waals surface area contributed by atoms with Gasteiger partial charge in [-0.3, -0.25) is 4.40 Å². The normalized spacial score (nSPS) is 14.7. The van der Waals surface area contributed by atoms with Gasteiger partial charge in [-0.2, -0.15) is 0 Å². The van der Waals surface area contributed by atoms with E-state index in [1.807, 2.05) is 0 Å². The van der Waals surface area contributed by atoms with Crippen LogP contribution in [0.5, 0.6) is 0 Å². The lowest BCUT2D eigenvalue weighted by atomic mass is 9.82. The van der Waals surface area contributed by atoms with E-state index in [1.165, 1.54) is 55.2 Å². The van der Waals surface area contributed by atoms with Crippen molar-refractivity contribution < 1.29 is 0 Å². The summed E-state index contributed by atoms with van der Waals surface area (Å²) in [4.78, 5) is 4.92. The molecule has 1 aliphatic rings. The zero-order valence-corrected chi connectivity index (χ0v) is 20.8. The fraction of sp³-hybridized carbons (Fsp3) is 0.0278. The summed E-state index contributed by atoms with van der Waals surface area (Å²) in [5, 5.41) is 2.55. The van der Waals surface area contributed by atoms with Gasteiger partial charge in [-0.25, -0.2) is 4.98 Å². The first-order valence-electron chi connectivity index (χ1n) is 13.1. The summed E-state index contributed by atoms with van der Waals surface area (Å²) in [7, 11) is 0. The molecule has 0 radical (unpaired) electrons. The second-order valence-electron chi connectivity index (χ2n) is 10.0. The van der Waals surface area contributed by atoms with Crippen LogP contribution in [0.2, 0.25) is 0 Å². The Bertz CT molecular complexity index is 2010. The Morgan fingerprint density at radius 3 is 2.21 bits per heavy atom. The highest BCUT2D eigenvalue weighted by Crippen LogP contribution is 2.49. The number of nitrogens with zero attached hydrogens (tertiary/aromatic N) is 2. The number of allylic oxidation sites excluding steroid dienone is 1. The molecule has 1 aliphatic carbocycles. The van der Waals surface area contributed by atoms with Crippen molar-refractivity contribution >= 4 is 39.1 Å². The van der Waals surface area contributed by atoms with Gasteiger partial charge in [-0.05, 0) is 74.5 Å². The number of pyridine rings is 1. The summed E-state index contributed by atoms with van der Waals surface area (Å²) < 4.78 is 2.23. The monoisotopic (exact) mass is 484 g/mol. The maximum Gasteiger partial charge on any atom is 0.137 e. The molecular formula is C36H24N2. The number of aromatic nitrogens is 2. The molecule has 2 nitrogen and oxygen atoms in total. The van der Waals surface area contributed by atoms with Crippen molar-refractivity contribution in [1.29, 1.82) is 0 Å². The summed E-state index contributed by atoms with van der Waals surface area (Å²) >= 11 is 0. The average molecular weight is 485 g/mol. The third-order valence-electron chi connectivity index (χ3n) is 7.88. The van der Waals surface area contributed by atoms with E-state index in [-0.39, 0.29) is 5.92 Å². The first-order valence-corrected chi connectivity index (χ1v) is 13.1. The summed E-state index contributed by atoms with van der Waals surface area (Å²) in [6.45, 7) is 0. The van der Waals surface area contributed by atoms with E-state index in [4.69, 9.17) is 4.98 Å². The lowest BCUT2D eigenvalue weighted by Gasteiger charge is -2.21. The Kier molecular flexibility index (Phi) is 4.62. The summed E-state index contributed by atoms with van der Waals surface area (Å²) in [6, 6.07) is 45.8. The first kappa shape index (κ1) is 21.2. The topological polar surface area (TPSA) is 17.3 Å². The predicted molar refractivity (Wildman–Crippen MR) is 158 cm³/mol. The second-order valence-corrected chi connectivity index (χ2v) is 10.0. The molecule has 0 amide bonds. The van der Waals surface area contributed by atoms with E-state index in [2.05, 4.69) is 144 Å². The number of benzene rings is 5. The minimum absolute atomic E-state index is 0.123. The van der Waals surface area contributed by atoms with Gasteiger partial charge in [0.05, 0.1) is 11.0 Å². The molecule has 2 heterocycles. The Labute approximate surface area is 221 Å². The van der Waals surface area contributed by atoms with Crippen LogP contribution >= 0.6 is 0 Å². The van der Waals surface area contributed by atoms with Gasteiger partial charge in [0, 0.05) is 17.7 Å². The molecule has 0 fully saturated rings. The van der Waals surface area contributed by atoms with Crippen LogP contribution in [-0.2, 0) is 0 Å². The van der Waals surface area contributed by atoms with E-state index >= 15 is 0 Å². The van der Waals surface area contributed by atoms with Gasteiger partial charge in [0.1, 0.15) is 5.65 Å². The van der Waals surface area contributed by atoms with Gasteiger partial charge < -0.3 is 0 Å². The zero-order chi connectivity index (χ0) is 25.1. The van der Waals surface area contributed by atoms with Crippen LogP contribution in [0.1, 0.15) is 28.2 Å². The molecule has 7 aromatic rings. The highest BCUT2D eigenvalue weighted by molar-refractivity contribution is 6.04. The Morgan fingerprint density at radius 1 is 0.632 bits per heavy atom. The lowest BCUT2D eigenvalue weighted by molar-refractivity contribution is 1.07. The van der Waals surface area contributed by atoms with E-state index in [0.717, 1.165) is 11.2 Å². The SMILES string of the molecule is C1=C(c2ccccc2)C(c2cc(-c3ccccc3)c3ccccc3c2)c2ccc3nc4ccccn4c3c21. The zero-order valence-electron chi connectivity index (χ0n) is 20.8. The molecule has 2 aromatic heterocycles. The Hall–Kier alpha value is -4.95. The second kappa shape index (κ2) is 8.29. The highest BCUT2D eigenvalue weighted by atomic mass is 15.0. The molecule has 5 aromatic carbocycles. The van der Waals surface area contributed by atoms with Gasteiger partial charge in [0.25, 0.3) is 0 Å². The van der Waals surface area contributed by atoms with E-state index < -0.39 is 0 Å². The Morgan fingerprint density at radius 2 is 1.37 bits per heavy atom. The van der Waals surface area contributed by atoms with Crippen LogP contribution in [0.15, 0.2) is 134 Å². The van der Waals surface area contributed by atoms with Crippen LogP contribution in [-0.4, -0.2) is 9.38 Å². The summed E-state index contributed by atoms with van der Waals surface area (Å²) in [5.74, 6) is 0.123. The first-order chi connectivity index (χ1) is 18.8. The molecule has 0 aliphatic heterocycles. The van der Waals surface area contributed by atoms with Crippen LogP contribution in [0.25, 0.3) is 50.2 Å². The van der Waals surface area contributed by atoms with Crippen molar-refractivity contribution in [2.75, 3.05) is 0 Å². The predicted octanol–water partition coefficient (Wildman–Crippen LogP) is 8.99. The van der Waals surface area contributed by atoms with E-state index in [0.29, 0.717) is 0 Å². The fourth-order valence-corrected chi connectivity index (χ4v) is 6.20.